The number of piperidine rings is 1. The van der Waals surface area contributed by atoms with Gasteiger partial charge in [0.1, 0.15) is 0 Å². The van der Waals surface area contributed by atoms with Crippen molar-refractivity contribution in [3.63, 3.8) is 0 Å². The van der Waals surface area contributed by atoms with Crippen LogP contribution in [-0.2, 0) is 6.54 Å². The monoisotopic (exact) mass is 440 g/mol. The van der Waals surface area contributed by atoms with Gasteiger partial charge in [-0.1, -0.05) is 42.0 Å². The van der Waals surface area contributed by atoms with Gasteiger partial charge in [0.15, 0.2) is 0 Å². The van der Waals surface area contributed by atoms with Gasteiger partial charge in [0.25, 0.3) is 0 Å². The van der Waals surface area contributed by atoms with E-state index in [0.29, 0.717) is 18.7 Å². The van der Waals surface area contributed by atoms with Crippen LogP contribution in [0.1, 0.15) is 46.8 Å². The highest BCUT2D eigenvalue weighted by Crippen LogP contribution is 2.35. The largest absolute Gasteiger partial charge is 0.336 e. The van der Waals surface area contributed by atoms with E-state index in [1.807, 2.05) is 36.8 Å². The molecule has 0 radical (unpaired) electrons. The van der Waals surface area contributed by atoms with Crippen molar-refractivity contribution in [3.8, 4) is 6.07 Å². The van der Waals surface area contributed by atoms with E-state index in [-0.39, 0.29) is 17.6 Å². The second-order valence-corrected chi connectivity index (χ2v) is 9.20. The van der Waals surface area contributed by atoms with Crippen molar-refractivity contribution in [2.45, 2.75) is 37.9 Å². The molecule has 2 N–H and O–H groups in total. The highest BCUT2D eigenvalue weighted by Gasteiger charge is 2.42. The fraction of sp³-hybridized carbons (Fsp3) is 0.346. The molecule has 2 aliphatic heterocycles. The normalized spacial score (nSPS) is 18.5. The summed E-state index contributed by atoms with van der Waals surface area (Å²) in [6, 6.07) is 18.6. The summed E-state index contributed by atoms with van der Waals surface area (Å²) in [5.74, 6) is 0. The van der Waals surface area contributed by atoms with Gasteiger partial charge in [-0.2, -0.15) is 5.26 Å². The van der Waals surface area contributed by atoms with E-state index in [9.17, 15) is 4.79 Å². The molecule has 2 fully saturated rings. The van der Waals surface area contributed by atoms with Crippen molar-refractivity contribution >= 4 is 6.03 Å². The molecule has 1 atom stereocenters. The number of nitrogens with one attached hydrogen (secondary N) is 2. The number of aromatic nitrogens is 2. The lowest BCUT2D eigenvalue weighted by molar-refractivity contribution is 0.126. The van der Waals surface area contributed by atoms with E-state index >= 15 is 0 Å². The van der Waals surface area contributed by atoms with Gasteiger partial charge in [-0.3, -0.25) is 4.90 Å². The Morgan fingerprint density at radius 2 is 1.97 bits per heavy atom. The number of nitriles is 1. The molecule has 1 unspecified atom stereocenters. The van der Waals surface area contributed by atoms with Crippen molar-refractivity contribution in [2.24, 2.45) is 0 Å². The zero-order valence-corrected chi connectivity index (χ0v) is 18.8. The molecular weight excluding hydrogens is 412 g/mol. The Bertz CT molecular complexity index is 1180. The molecule has 5 rings (SSSR count). The van der Waals surface area contributed by atoms with E-state index in [1.165, 1.54) is 11.1 Å². The molecule has 33 heavy (non-hydrogen) atoms. The highest BCUT2D eigenvalue weighted by atomic mass is 16.2. The molecule has 0 bridgehead atoms. The van der Waals surface area contributed by atoms with Crippen LogP contribution in [0.5, 0.6) is 0 Å². The Morgan fingerprint density at radius 3 is 2.64 bits per heavy atom. The number of likely N-dealkylation sites (tertiary alicyclic amines) is 1. The van der Waals surface area contributed by atoms with Crippen LogP contribution in [-0.4, -0.2) is 45.7 Å². The van der Waals surface area contributed by atoms with Gasteiger partial charge >= 0.3 is 6.03 Å². The van der Waals surface area contributed by atoms with E-state index < -0.39 is 0 Å². The Labute approximate surface area is 194 Å². The summed E-state index contributed by atoms with van der Waals surface area (Å²) in [6.07, 6.45) is 5.69. The zero-order valence-electron chi connectivity index (χ0n) is 18.8. The van der Waals surface area contributed by atoms with Gasteiger partial charge in [0.2, 0.25) is 0 Å². The fourth-order valence-corrected chi connectivity index (χ4v) is 5.07. The molecule has 7 heteroatoms. The third-order valence-corrected chi connectivity index (χ3v) is 6.90. The first-order valence-corrected chi connectivity index (χ1v) is 11.4. The van der Waals surface area contributed by atoms with Crippen LogP contribution in [0.3, 0.4) is 0 Å². The van der Waals surface area contributed by atoms with Gasteiger partial charge in [-0.05, 0) is 43.0 Å². The van der Waals surface area contributed by atoms with E-state index in [0.717, 1.165) is 37.2 Å². The van der Waals surface area contributed by atoms with Gasteiger partial charge in [-0.15, -0.1) is 0 Å². The topological polar surface area (TPSA) is 86.0 Å². The fourth-order valence-electron chi connectivity index (χ4n) is 5.07. The van der Waals surface area contributed by atoms with Crippen LogP contribution in [0, 0.1) is 18.3 Å². The molecule has 7 nitrogen and oxygen atoms in total. The molecule has 1 spiro atoms. The number of aryl methyl sites for hydroxylation is 1. The number of rotatable bonds is 5. The van der Waals surface area contributed by atoms with E-state index in [4.69, 9.17) is 5.26 Å². The zero-order chi connectivity index (χ0) is 22.8. The molecule has 168 valence electrons. The molecule has 2 amide bonds. The lowest BCUT2D eigenvalue weighted by Crippen LogP contribution is -2.53. The lowest BCUT2D eigenvalue weighted by atomic mass is 9.86. The van der Waals surface area contributed by atoms with Crippen molar-refractivity contribution < 1.29 is 4.79 Å². The van der Waals surface area contributed by atoms with Crippen LogP contribution in [0.2, 0.25) is 0 Å². The Morgan fingerprint density at radius 1 is 1.18 bits per heavy atom. The summed E-state index contributed by atoms with van der Waals surface area (Å²) < 4.78 is 2.21. The highest BCUT2D eigenvalue weighted by molar-refractivity contribution is 5.77. The number of urea groups is 1. The quantitative estimate of drug-likeness (QED) is 0.637. The maximum atomic E-state index is 11.8. The maximum Gasteiger partial charge on any atom is 0.315 e. The van der Waals surface area contributed by atoms with Crippen LogP contribution in [0.15, 0.2) is 61.1 Å². The number of benzene rings is 2. The minimum absolute atomic E-state index is 0.0563. The smallest absolute Gasteiger partial charge is 0.315 e. The van der Waals surface area contributed by atoms with Crippen LogP contribution in [0.4, 0.5) is 4.79 Å². The lowest BCUT2D eigenvalue weighted by Gasteiger charge is -2.42. The molecule has 0 saturated carbocycles. The van der Waals surface area contributed by atoms with Crippen LogP contribution in [0.25, 0.3) is 0 Å². The molecule has 2 aromatic carbocycles. The number of carbonyl (C=O) groups is 1. The van der Waals surface area contributed by atoms with Gasteiger partial charge in [0, 0.05) is 26.2 Å². The standard InChI is InChI=1S/C26H28N6O/c1-19-3-2-4-22(13-19)24(31-11-9-26(10-12-31)17-29-25(33)30-26)23-15-28-18-32(23)16-21-7-5-20(14-27)6-8-21/h2-8,13,15,18,24H,9-12,16-17H2,1H3,(H2,29,30,33). The average Bonchev–Trinajstić information content (AvgIpc) is 3.42. The predicted molar refractivity (Wildman–Crippen MR) is 126 cm³/mol. The predicted octanol–water partition coefficient (Wildman–Crippen LogP) is 3.35. The van der Waals surface area contributed by atoms with Crippen molar-refractivity contribution in [1.29, 1.82) is 5.26 Å². The van der Waals surface area contributed by atoms with Crippen LogP contribution >= 0.6 is 0 Å². The Kier molecular flexibility index (Phi) is 5.61. The van der Waals surface area contributed by atoms with Crippen LogP contribution < -0.4 is 10.6 Å². The van der Waals surface area contributed by atoms with Gasteiger partial charge < -0.3 is 15.2 Å². The van der Waals surface area contributed by atoms with Crippen molar-refractivity contribution in [3.05, 3.63) is 89.0 Å². The summed E-state index contributed by atoms with van der Waals surface area (Å²) in [5, 5.41) is 15.2. The maximum absolute atomic E-state index is 11.8. The summed E-state index contributed by atoms with van der Waals surface area (Å²) in [6.45, 7) is 5.30. The third-order valence-electron chi connectivity index (χ3n) is 6.90. The second-order valence-electron chi connectivity index (χ2n) is 9.20. The number of hydrogen-bond acceptors (Lipinski definition) is 4. The minimum atomic E-state index is -0.131. The molecular formula is C26H28N6O. The summed E-state index contributed by atoms with van der Waals surface area (Å²) in [7, 11) is 0. The minimum Gasteiger partial charge on any atom is -0.336 e. The number of carbonyl (C=O) groups excluding carboxylic acids is 1. The summed E-state index contributed by atoms with van der Waals surface area (Å²) in [4.78, 5) is 18.8. The molecule has 0 aliphatic carbocycles. The van der Waals surface area contributed by atoms with Gasteiger partial charge in [0.05, 0.1) is 41.4 Å². The summed E-state index contributed by atoms with van der Waals surface area (Å²) in [5.41, 5.74) is 5.30. The molecule has 2 saturated heterocycles. The van der Waals surface area contributed by atoms with Gasteiger partial charge in [-0.25, -0.2) is 9.78 Å². The van der Waals surface area contributed by atoms with E-state index in [1.54, 1.807) is 0 Å². The molecule has 2 aliphatic rings. The third kappa shape index (κ3) is 4.35. The first-order valence-electron chi connectivity index (χ1n) is 11.4. The Hall–Kier alpha value is -3.63. The second kappa shape index (κ2) is 8.72. The summed E-state index contributed by atoms with van der Waals surface area (Å²) >= 11 is 0. The number of amides is 2. The first kappa shape index (κ1) is 21.2. The SMILES string of the molecule is Cc1cccc(C(c2cncn2Cc2ccc(C#N)cc2)N2CCC3(CC2)CNC(=O)N3)c1. The average molecular weight is 441 g/mol. The Balaban J connectivity index is 1.44. The van der Waals surface area contributed by atoms with E-state index in [2.05, 4.69) is 62.3 Å². The van der Waals surface area contributed by atoms with Crippen molar-refractivity contribution in [2.75, 3.05) is 19.6 Å². The molecule has 3 aromatic rings. The number of imidazole rings is 1. The number of hydrogen-bond donors (Lipinski definition) is 2. The number of nitrogens with zero attached hydrogens (tertiary/aromatic N) is 4. The first-order chi connectivity index (χ1) is 16.0. The van der Waals surface area contributed by atoms with Crippen molar-refractivity contribution in [1.82, 2.24) is 25.1 Å². The molecule has 1 aromatic heterocycles. The molecule has 3 heterocycles.